The molecule has 10 aromatic carbocycles. The van der Waals surface area contributed by atoms with Crippen molar-refractivity contribution in [2.75, 3.05) is 0 Å². The number of rotatable bonds is 5. The summed E-state index contributed by atoms with van der Waals surface area (Å²) in [4.78, 5) is 15.3. The second-order valence-electron chi connectivity index (χ2n) is 15.9. The number of fused-ring (bicyclic) bond motifs is 10. The van der Waals surface area contributed by atoms with Crippen LogP contribution in [0.4, 0.5) is 0 Å². The summed E-state index contributed by atoms with van der Waals surface area (Å²) in [6.45, 7) is 0. The average Bonchev–Trinajstić information content (AvgIpc) is 3.86. The van der Waals surface area contributed by atoms with Gasteiger partial charge in [0.25, 0.3) is 0 Å². The molecule has 3 heterocycles. The molecule has 0 unspecified atom stereocenters. The van der Waals surface area contributed by atoms with Crippen LogP contribution in [0.1, 0.15) is 0 Å². The van der Waals surface area contributed by atoms with Crippen LogP contribution in [0.5, 0.6) is 0 Å². The van der Waals surface area contributed by atoms with Gasteiger partial charge in [0.2, 0.25) is 0 Å². The lowest BCUT2D eigenvalue weighted by Gasteiger charge is -2.16. The van der Waals surface area contributed by atoms with Gasteiger partial charge in [-0.25, -0.2) is 15.0 Å². The molecule has 0 atom stereocenters. The second kappa shape index (κ2) is 13.6. The highest BCUT2D eigenvalue weighted by molar-refractivity contribution is 6.25. The zero-order chi connectivity index (χ0) is 40.7. The van der Waals surface area contributed by atoms with Gasteiger partial charge in [-0.1, -0.05) is 182 Å². The molecule has 0 amide bonds. The van der Waals surface area contributed by atoms with Gasteiger partial charge in [0, 0.05) is 49.0 Å². The monoisotopic (exact) mass is 789 g/mol. The van der Waals surface area contributed by atoms with Crippen LogP contribution in [-0.4, -0.2) is 24.1 Å². The van der Waals surface area contributed by atoms with E-state index in [-0.39, 0.29) is 0 Å². The van der Waals surface area contributed by atoms with E-state index < -0.39 is 0 Å². The summed E-state index contributed by atoms with van der Waals surface area (Å²) in [5.74, 6) is 1.92. The molecule has 5 heteroatoms. The highest BCUT2D eigenvalue weighted by atomic mass is 15.0. The molecular formula is C57H35N5. The quantitative estimate of drug-likeness (QED) is 0.174. The highest BCUT2D eigenvalue weighted by Crippen LogP contribution is 2.45. The molecule has 5 nitrogen and oxygen atoms in total. The lowest BCUT2D eigenvalue weighted by molar-refractivity contribution is 1.08. The molecule has 0 fully saturated rings. The summed E-state index contributed by atoms with van der Waals surface area (Å²) in [7, 11) is 0. The first-order chi connectivity index (χ1) is 30.8. The van der Waals surface area contributed by atoms with Gasteiger partial charge >= 0.3 is 0 Å². The first-order valence-electron chi connectivity index (χ1n) is 21.0. The SMILES string of the molecule is c1ccc(-c2nc(-c3ccccc3)nc(-c3cccc4c(-n5c6ccccc6c6c(-n7c8ccccc8c8c9ccccc9ccc87)c7ccccc7cc65)cccc34)n2)cc1. The van der Waals surface area contributed by atoms with Crippen molar-refractivity contribution in [2.24, 2.45) is 0 Å². The van der Waals surface area contributed by atoms with Crippen LogP contribution in [0.3, 0.4) is 0 Å². The normalized spacial score (nSPS) is 11.9. The summed E-state index contributed by atoms with van der Waals surface area (Å²) in [6.07, 6.45) is 0. The predicted octanol–water partition coefficient (Wildman–Crippen LogP) is 14.5. The molecule has 3 aromatic heterocycles. The van der Waals surface area contributed by atoms with Crippen LogP contribution in [-0.2, 0) is 0 Å². The number of hydrogen-bond acceptors (Lipinski definition) is 3. The largest absolute Gasteiger partial charge is 0.309 e. The zero-order valence-electron chi connectivity index (χ0n) is 33.4. The standard InChI is InChI=1S/C57H35N5/c1-3-18-37(19-4-1)55-58-56(38-20-5-2-6-21-38)60-57(59-55)44-29-15-28-43-42(44)27-16-32-47(43)61-48-30-13-12-26-46(48)53-51(61)35-39-22-8-10-24-41(39)54(53)62-49-31-14-11-25-45(49)52-40-23-9-7-17-36(40)33-34-50(52)62/h1-35H. The maximum Gasteiger partial charge on any atom is 0.164 e. The molecule has 0 bridgehead atoms. The van der Waals surface area contributed by atoms with Crippen LogP contribution in [0.2, 0.25) is 0 Å². The fourth-order valence-electron chi connectivity index (χ4n) is 9.85. The van der Waals surface area contributed by atoms with Gasteiger partial charge in [-0.15, -0.1) is 0 Å². The lowest BCUT2D eigenvalue weighted by atomic mass is 10.0. The third-order valence-corrected chi connectivity index (χ3v) is 12.5. The topological polar surface area (TPSA) is 48.5 Å². The maximum atomic E-state index is 5.15. The first-order valence-corrected chi connectivity index (χ1v) is 21.0. The number of para-hydroxylation sites is 2. The number of nitrogens with zero attached hydrogens (tertiary/aromatic N) is 5. The Bertz CT molecular complexity index is 3860. The molecule has 0 N–H and O–H groups in total. The van der Waals surface area contributed by atoms with Gasteiger partial charge in [0.15, 0.2) is 17.5 Å². The number of aromatic nitrogens is 5. The third kappa shape index (κ3) is 5.12. The minimum Gasteiger partial charge on any atom is -0.309 e. The van der Waals surface area contributed by atoms with Gasteiger partial charge in [-0.2, -0.15) is 0 Å². The number of benzene rings is 10. The van der Waals surface area contributed by atoms with E-state index in [0.29, 0.717) is 17.5 Å². The molecule has 288 valence electrons. The van der Waals surface area contributed by atoms with E-state index in [0.717, 1.165) is 44.2 Å². The van der Waals surface area contributed by atoms with Gasteiger partial charge < -0.3 is 9.13 Å². The summed E-state index contributed by atoms with van der Waals surface area (Å²) in [5, 5.41) is 12.0. The van der Waals surface area contributed by atoms with Crippen molar-refractivity contribution in [3.8, 4) is 45.5 Å². The Kier molecular flexibility index (Phi) is 7.54. The van der Waals surface area contributed by atoms with Gasteiger partial charge in [0.05, 0.1) is 33.4 Å². The summed E-state index contributed by atoms with van der Waals surface area (Å²) < 4.78 is 4.99. The van der Waals surface area contributed by atoms with Crippen LogP contribution in [0.15, 0.2) is 212 Å². The molecule has 13 aromatic rings. The van der Waals surface area contributed by atoms with E-state index in [1.165, 1.54) is 59.8 Å². The molecule has 0 spiro atoms. The van der Waals surface area contributed by atoms with E-state index in [2.05, 4.69) is 185 Å². The second-order valence-corrected chi connectivity index (χ2v) is 15.9. The van der Waals surface area contributed by atoms with Crippen LogP contribution in [0.25, 0.3) is 121 Å². The van der Waals surface area contributed by atoms with Crippen molar-refractivity contribution in [1.29, 1.82) is 0 Å². The zero-order valence-corrected chi connectivity index (χ0v) is 33.4. The molecule has 0 radical (unpaired) electrons. The van der Waals surface area contributed by atoms with Crippen molar-refractivity contribution in [3.05, 3.63) is 212 Å². The van der Waals surface area contributed by atoms with Gasteiger partial charge in [-0.3, -0.25) is 0 Å². The Morgan fingerprint density at radius 1 is 0.290 bits per heavy atom. The Balaban J connectivity index is 1.12. The highest BCUT2D eigenvalue weighted by Gasteiger charge is 2.24. The van der Waals surface area contributed by atoms with Crippen molar-refractivity contribution < 1.29 is 0 Å². The summed E-state index contributed by atoms with van der Waals surface area (Å²) in [6, 6.07) is 75.7. The Labute approximate surface area is 356 Å². The minimum absolute atomic E-state index is 0.634. The Hall–Kier alpha value is -8.41. The molecule has 0 aliphatic rings. The third-order valence-electron chi connectivity index (χ3n) is 12.5. The molecule has 62 heavy (non-hydrogen) atoms. The van der Waals surface area contributed by atoms with Gasteiger partial charge in [0.1, 0.15) is 0 Å². The summed E-state index contributed by atoms with van der Waals surface area (Å²) >= 11 is 0. The van der Waals surface area contributed by atoms with Crippen molar-refractivity contribution in [2.45, 2.75) is 0 Å². The molecule has 0 saturated carbocycles. The fourth-order valence-corrected chi connectivity index (χ4v) is 9.85. The van der Waals surface area contributed by atoms with E-state index in [1.54, 1.807) is 0 Å². The minimum atomic E-state index is 0.634. The molecule has 0 saturated heterocycles. The van der Waals surface area contributed by atoms with Gasteiger partial charge in [-0.05, 0) is 51.9 Å². The van der Waals surface area contributed by atoms with E-state index in [4.69, 9.17) is 15.0 Å². The summed E-state index contributed by atoms with van der Waals surface area (Å²) in [5.41, 5.74) is 9.77. The molecule has 0 aliphatic carbocycles. The van der Waals surface area contributed by atoms with E-state index in [9.17, 15) is 0 Å². The predicted molar refractivity (Wildman–Crippen MR) is 257 cm³/mol. The van der Waals surface area contributed by atoms with Crippen LogP contribution >= 0.6 is 0 Å². The molecule has 0 aliphatic heterocycles. The van der Waals surface area contributed by atoms with Crippen molar-refractivity contribution >= 4 is 75.9 Å². The van der Waals surface area contributed by atoms with E-state index in [1.807, 2.05) is 36.4 Å². The Morgan fingerprint density at radius 3 is 1.55 bits per heavy atom. The van der Waals surface area contributed by atoms with Crippen LogP contribution < -0.4 is 0 Å². The van der Waals surface area contributed by atoms with E-state index >= 15 is 0 Å². The molecule has 13 rings (SSSR count). The molecular weight excluding hydrogens is 755 g/mol. The first kappa shape index (κ1) is 34.5. The van der Waals surface area contributed by atoms with Crippen LogP contribution in [0, 0.1) is 0 Å². The number of hydrogen-bond donors (Lipinski definition) is 0. The smallest absolute Gasteiger partial charge is 0.164 e. The van der Waals surface area contributed by atoms with Crippen molar-refractivity contribution in [3.63, 3.8) is 0 Å². The lowest BCUT2D eigenvalue weighted by Crippen LogP contribution is -2.01. The Morgan fingerprint density at radius 2 is 0.823 bits per heavy atom. The fraction of sp³-hybridized carbons (Fsp3) is 0. The maximum absolute atomic E-state index is 5.15. The van der Waals surface area contributed by atoms with Crippen molar-refractivity contribution in [1.82, 2.24) is 24.1 Å². The average molecular weight is 790 g/mol.